The molecule has 19 heavy (non-hydrogen) atoms. The summed E-state index contributed by atoms with van der Waals surface area (Å²) in [6, 6.07) is 5.85. The maximum Gasteiger partial charge on any atom is 0.305 e. The van der Waals surface area contributed by atoms with Gasteiger partial charge in [-0.1, -0.05) is 6.07 Å². The van der Waals surface area contributed by atoms with Crippen molar-refractivity contribution in [2.45, 2.75) is 12.8 Å². The molecule has 0 bridgehead atoms. The zero-order valence-corrected chi connectivity index (χ0v) is 10.2. The van der Waals surface area contributed by atoms with Crippen molar-refractivity contribution >= 4 is 11.9 Å². The van der Waals surface area contributed by atoms with Gasteiger partial charge in [0.15, 0.2) is 0 Å². The largest absolute Gasteiger partial charge is 0.508 e. The predicted molar refractivity (Wildman–Crippen MR) is 65.1 cm³/mol. The second-order valence-corrected chi connectivity index (χ2v) is 3.42. The number of hydrogen-bond acceptors (Lipinski definition) is 5. The molecule has 0 spiro atoms. The number of carbonyl (C=O) groups is 2. The lowest BCUT2D eigenvalue weighted by Gasteiger charge is -1.97. The van der Waals surface area contributed by atoms with Gasteiger partial charge < -0.3 is 25.2 Å². The third-order valence-corrected chi connectivity index (χ3v) is 1.75. The summed E-state index contributed by atoms with van der Waals surface area (Å²) < 4.78 is 4.69. The summed E-state index contributed by atoms with van der Waals surface area (Å²) in [5.41, 5.74) is 0. The van der Waals surface area contributed by atoms with Gasteiger partial charge in [-0.05, 0) is 12.1 Å². The number of phenolic OH excluding ortho intramolecular Hbond substituents is 2. The highest BCUT2D eigenvalue weighted by Crippen LogP contribution is 2.14. The minimum atomic E-state index is -0.944. The van der Waals surface area contributed by atoms with Crippen molar-refractivity contribution in [2.24, 2.45) is 0 Å². The minimum absolute atomic E-state index is 0.0720. The van der Waals surface area contributed by atoms with E-state index in [9.17, 15) is 9.59 Å². The van der Waals surface area contributed by atoms with Crippen LogP contribution >= 0.6 is 0 Å². The Kier molecular flexibility index (Phi) is 8.55. The van der Waals surface area contributed by atoms with Gasteiger partial charge in [-0.2, -0.15) is 0 Å². The Morgan fingerprint density at radius 2 is 1.37 bits per heavy atom. The second-order valence-electron chi connectivity index (χ2n) is 3.42. The number of ether oxygens (including phenoxy) is 1. The van der Waals surface area contributed by atoms with Crippen molar-refractivity contribution in [3.8, 4) is 11.5 Å². The zero-order valence-electron chi connectivity index (χ0n) is 10.2. The topological polar surface area (TPSA) is 124 Å². The van der Waals surface area contributed by atoms with Crippen LogP contribution in [0.5, 0.6) is 11.5 Å². The predicted octanol–water partition coefficient (Wildman–Crippen LogP) is 1.05. The summed E-state index contributed by atoms with van der Waals surface area (Å²) in [7, 11) is 0. The first kappa shape index (κ1) is 16.7. The van der Waals surface area contributed by atoms with Gasteiger partial charge in [0.1, 0.15) is 11.5 Å². The summed E-state index contributed by atoms with van der Waals surface area (Å²) in [5.74, 6) is -1.71. The van der Waals surface area contributed by atoms with Gasteiger partial charge in [-0.3, -0.25) is 9.59 Å². The van der Waals surface area contributed by atoms with Crippen molar-refractivity contribution < 1.29 is 34.8 Å². The standard InChI is InChI=1S/C6H10O5.C6H6O2/c7-5(8)1-3-11-4-2-6(9)10;7-5-2-1-3-6(8)4-5/h1-4H2,(H,7,8)(H,9,10);1-4,7-8H. The number of phenols is 2. The van der Waals surface area contributed by atoms with E-state index in [0.29, 0.717) is 0 Å². The van der Waals surface area contributed by atoms with Gasteiger partial charge in [-0.15, -0.1) is 0 Å². The van der Waals surface area contributed by atoms with Crippen molar-refractivity contribution in [3.05, 3.63) is 24.3 Å². The molecule has 0 atom stereocenters. The van der Waals surface area contributed by atoms with Crippen LogP contribution in [-0.4, -0.2) is 45.6 Å². The Bertz CT molecular complexity index is 370. The number of benzene rings is 1. The Morgan fingerprint density at radius 3 is 1.63 bits per heavy atom. The second kappa shape index (κ2) is 9.72. The summed E-state index contributed by atoms with van der Waals surface area (Å²) >= 11 is 0. The maximum atomic E-state index is 9.90. The number of aliphatic carboxylic acids is 2. The first-order chi connectivity index (χ1) is 8.91. The Labute approximate surface area is 109 Å². The van der Waals surface area contributed by atoms with Gasteiger partial charge in [0.2, 0.25) is 0 Å². The van der Waals surface area contributed by atoms with Crippen molar-refractivity contribution in [2.75, 3.05) is 13.2 Å². The molecule has 7 nitrogen and oxygen atoms in total. The van der Waals surface area contributed by atoms with E-state index in [1.165, 1.54) is 18.2 Å². The molecular formula is C12H16O7. The molecule has 0 aromatic heterocycles. The molecule has 7 heteroatoms. The van der Waals surface area contributed by atoms with E-state index in [1.807, 2.05) is 0 Å². The number of aromatic hydroxyl groups is 2. The molecule has 0 unspecified atom stereocenters. The van der Waals surface area contributed by atoms with Crippen LogP contribution in [0.1, 0.15) is 12.8 Å². The SMILES string of the molecule is O=C(O)CCOCCC(=O)O.Oc1cccc(O)c1. The molecule has 0 amide bonds. The molecule has 0 fully saturated rings. The quantitative estimate of drug-likeness (QED) is 0.570. The normalized spacial score (nSPS) is 9.26. The Hall–Kier alpha value is -2.28. The van der Waals surface area contributed by atoms with E-state index in [0.717, 1.165) is 0 Å². The van der Waals surface area contributed by atoms with Crippen LogP contribution in [0.25, 0.3) is 0 Å². The highest BCUT2D eigenvalue weighted by molar-refractivity contribution is 5.67. The summed E-state index contributed by atoms with van der Waals surface area (Å²) in [5, 5.41) is 33.6. The molecule has 0 aliphatic carbocycles. The summed E-state index contributed by atoms with van der Waals surface area (Å²) in [6.07, 6.45) is -0.167. The molecule has 4 N–H and O–H groups in total. The average molecular weight is 272 g/mol. The van der Waals surface area contributed by atoms with Crippen molar-refractivity contribution in [1.29, 1.82) is 0 Å². The van der Waals surface area contributed by atoms with E-state index in [4.69, 9.17) is 25.2 Å². The van der Waals surface area contributed by atoms with E-state index in [-0.39, 0.29) is 37.6 Å². The van der Waals surface area contributed by atoms with Crippen LogP contribution < -0.4 is 0 Å². The van der Waals surface area contributed by atoms with E-state index in [2.05, 4.69) is 0 Å². The van der Waals surface area contributed by atoms with Crippen LogP contribution in [0.3, 0.4) is 0 Å². The zero-order chi connectivity index (χ0) is 14.7. The lowest BCUT2D eigenvalue weighted by atomic mass is 10.3. The maximum absolute atomic E-state index is 9.90. The van der Waals surface area contributed by atoms with E-state index < -0.39 is 11.9 Å². The lowest BCUT2D eigenvalue weighted by Crippen LogP contribution is -2.06. The van der Waals surface area contributed by atoms with E-state index >= 15 is 0 Å². The number of carboxylic acids is 2. The van der Waals surface area contributed by atoms with Crippen LogP contribution in [0.15, 0.2) is 24.3 Å². The number of hydrogen-bond donors (Lipinski definition) is 4. The fourth-order valence-electron chi connectivity index (χ4n) is 0.914. The van der Waals surface area contributed by atoms with Gasteiger partial charge in [0.05, 0.1) is 26.1 Å². The molecule has 1 rings (SSSR count). The monoisotopic (exact) mass is 272 g/mol. The number of rotatable bonds is 6. The van der Waals surface area contributed by atoms with Crippen LogP contribution in [0.4, 0.5) is 0 Å². The first-order valence-electron chi connectivity index (χ1n) is 5.41. The molecule has 1 aromatic rings. The number of carboxylic acid groups (broad SMARTS) is 2. The third-order valence-electron chi connectivity index (χ3n) is 1.75. The van der Waals surface area contributed by atoms with Crippen LogP contribution in [0, 0.1) is 0 Å². The van der Waals surface area contributed by atoms with Crippen LogP contribution in [-0.2, 0) is 14.3 Å². The molecular weight excluding hydrogens is 256 g/mol. The molecule has 1 aromatic carbocycles. The third kappa shape index (κ3) is 12.0. The summed E-state index contributed by atoms with van der Waals surface area (Å²) in [4.78, 5) is 19.8. The minimum Gasteiger partial charge on any atom is -0.508 e. The average Bonchev–Trinajstić information content (AvgIpc) is 2.28. The fourth-order valence-corrected chi connectivity index (χ4v) is 0.914. The van der Waals surface area contributed by atoms with Crippen LogP contribution in [0.2, 0.25) is 0 Å². The highest BCUT2D eigenvalue weighted by Gasteiger charge is 1.98. The van der Waals surface area contributed by atoms with Crippen molar-refractivity contribution in [1.82, 2.24) is 0 Å². The molecule has 0 radical (unpaired) electrons. The fraction of sp³-hybridized carbons (Fsp3) is 0.333. The molecule has 0 saturated heterocycles. The van der Waals surface area contributed by atoms with Gasteiger partial charge in [-0.25, -0.2) is 0 Å². The molecule has 0 aliphatic rings. The van der Waals surface area contributed by atoms with Gasteiger partial charge >= 0.3 is 11.9 Å². The Morgan fingerprint density at radius 1 is 0.947 bits per heavy atom. The van der Waals surface area contributed by atoms with Gasteiger partial charge in [0.25, 0.3) is 0 Å². The van der Waals surface area contributed by atoms with Gasteiger partial charge in [0, 0.05) is 6.07 Å². The van der Waals surface area contributed by atoms with Crippen molar-refractivity contribution in [3.63, 3.8) is 0 Å². The molecule has 106 valence electrons. The van der Waals surface area contributed by atoms with E-state index in [1.54, 1.807) is 6.07 Å². The lowest BCUT2D eigenvalue weighted by molar-refractivity contribution is -0.138. The summed E-state index contributed by atoms with van der Waals surface area (Å²) in [6.45, 7) is 0.144. The first-order valence-corrected chi connectivity index (χ1v) is 5.41. The highest BCUT2D eigenvalue weighted by atomic mass is 16.5. The molecule has 0 heterocycles. The molecule has 0 saturated carbocycles. The smallest absolute Gasteiger partial charge is 0.305 e. The molecule has 0 aliphatic heterocycles. The Balaban J connectivity index is 0.000000356.